The van der Waals surface area contributed by atoms with Crippen LogP contribution in [0.5, 0.6) is 0 Å². The lowest BCUT2D eigenvalue weighted by molar-refractivity contribution is -0.139. The van der Waals surface area contributed by atoms with Gasteiger partial charge in [0.1, 0.15) is 5.82 Å². The highest BCUT2D eigenvalue weighted by Gasteiger charge is 2.50. The molecular weight excluding hydrogens is 383 g/mol. The summed E-state index contributed by atoms with van der Waals surface area (Å²) in [7, 11) is 1.74. The van der Waals surface area contributed by atoms with Crippen LogP contribution in [0, 0.1) is 5.41 Å². The van der Waals surface area contributed by atoms with Crippen LogP contribution in [0.2, 0.25) is 0 Å². The molecule has 4 rings (SSSR count). The number of halogens is 3. The van der Waals surface area contributed by atoms with Crippen LogP contribution in [0.15, 0.2) is 18.3 Å². The molecule has 29 heavy (non-hydrogen) atoms. The van der Waals surface area contributed by atoms with Crippen LogP contribution in [-0.2, 0) is 15.7 Å². The Balaban J connectivity index is 1.44. The first-order chi connectivity index (χ1) is 13.8. The third kappa shape index (κ3) is 3.96. The van der Waals surface area contributed by atoms with Gasteiger partial charge in [-0.1, -0.05) is 0 Å². The van der Waals surface area contributed by atoms with Gasteiger partial charge < -0.3 is 14.5 Å². The molecule has 1 aliphatic carbocycles. The third-order valence-corrected chi connectivity index (χ3v) is 6.94. The average Bonchev–Trinajstić information content (AvgIpc) is 3.03. The predicted octanol–water partition coefficient (Wildman–Crippen LogP) is 3.88. The summed E-state index contributed by atoms with van der Waals surface area (Å²) < 4.78 is 43.9. The Kier molecular flexibility index (Phi) is 5.48. The maximum atomic E-state index is 13.4. The van der Waals surface area contributed by atoms with Crippen molar-refractivity contribution in [3.63, 3.8) is 0 Å². The molecule has 0 unspecified atom stereocenters. The number of carbonyl (C=O) groups excluding carboxylic acids is 1. The first-order valence-corrected chi connectivity index (χ1v) is 10.4. The summed E-state index contributed by atoms with van der Waals surface area (Å²) in [5.74, 6) is 0.735. The second-order valence-corrected chi connectivity index (χ2v) is 8.62. The molecule has 5 nitrogen and oxygen atoms in total. The number of pyridine rings is 1. The number of piperidine rings is 1. The number of amides is 1. The Morgan fingerprint density at radius 3 is 2.52 bits per heavy atom. The first kappa shape index (κ1) is 20.4. The summed E-state index contributed by atoms with van der Waals surface area (Å²) >= 11 is 0. The molecule has 1 saturated carbocycles. The van der Waals surface area contributed by atoms with Crippen molar-refractivity contribution in [1.29, 1.82) is 0 Å². The van der Waals surface area contributed by atoms with E-state index in [9.17, 15) is 18.0 Å². The Labute approximate surface area is 169 Å². The van der Waals surface area contributed by atoms with Gasteiger partial charge in [0.25, 0.3) is 0 Å². The highest BCUT2D eigenvalue weighted by molar-refractivity contribution is 5.86. The number of methoxy groups -OCH3 is 1. The van der Waals surface area contributed by atoms with Crippen molar-refractivity contribution in [2.75, 3.05) is 31.6 Å². The number of hydrogen-bond donors (Lipinski definition) is 0. The number of nitrogens with zero attached hydrogens (tertiary/aromatic N) is 3. The molecule has 1 spiro atoms. The average molecular weight is 411 g/mol. The molecule has 160 valence electrons. The maximum absolute atomic E-state index is 13.4. The minimum atomic E-state index is -4.39. The lowest BCUT2D eigenvalue weighted by Crippen LogP contribution is -2.50. The maximum Gasteiger partial charge on any atom is 0.417 e. The largest absolute Gasteiger partial charge is 0.417 e. The summed E-state index contributed by atoms with van der Waals surface area (Å²) in [6, 6.07) is 2.78. The van der Waals surface area contributed by atoms with E-state index in [1.165, 1.54) is 6.07 Å². The molecule has 2 saturated heterocycles. The molecule has 3 heterocycles. The topological polar surface area (TPSA) is 45.7 Å². The van der Waals surface area contributed by atoms with Crippen LogP contribution >= 0.6 is 0 Å². The number of hydrogen-bond acceptors (Lipinski definition) is 4. The minimum Gasteiger partial charge on any atom is -0.381 e. The van der Waals surface area contributed by atoms with E-state index in [2.05, 4.69) is 9.88 Å². The van der Waals surface area contributed by atoms with Gasteiger partial charge in [0.2, 0.25) is 5.91 Å². The highest BCUT2D eigenvalue weighted by atomic mass is 19.4. The molecular formula is C21H28F3N3O2. The smallest absolute Gasteiger partial charge is 0.381 e. The normalized spacial score (nSPS) is 31.0. The Bertz CT molecular complexity index is 732. The second kappa shape index (κ2) is 7.78. The van der Waals surface area contributed by atoms with Crippen molar-refractivity contribution in [3.05, 3.63) is 23.9 Å². The number of carbonyl (C=O) groups is 1. The molecule has 0 radical (unpaired) electrons. The Morgan fingerprint density at radius 2 is 1.90 bits per heavy atom. The number of aromatic nitrogens is 1. The van der Waals surface area contributed by atoms with Gasteiger partial charge in [0, 0.05) is 39.0 Å². The summed E-state index contributed by atoms with van der Waals surface area (Å²) in [6.45, 7) is 2.02. The fourth-order valence-electron chi connectivity index (χ4n) is 5.24. The quantitative estimate of drug-likeness (QED) is 0.757. The molecule has 2 aliphatic heterocycles. The molecule has 3 fully saturated rings. The predicted molar refractivity (Wildman–Crippen MR) is 103 cm³/mol. The molecule has 1 aromatic heterocycles. The van der Waals surface area contributed by atoms with Gasteiger partial charge in [0.05, 0.1) is 17.1 Å². The van der Waals surface area contributed by atoms with E-state index in [1.807, 2.05) is 4.90 Å². The van der Waals surface area contributed by atoms with E-state index < -0.39 is 17.2 Å². The van der Waals surface area contributed by atoms with E-state index in [0.717, 1.165) is 63.8 Å². The third-order valence-electron chi connectivity index (χ3n) is 6.94. The number of ether oxygens (including phenoxy) is 1. The van der Waals surface area contributed by atoms with Gasteiger partial charge in [-0.25, -0.2) is 4.98 Å². The van der Waals surface area contributed by atoms with Crippen LogP contribution in [-0.4, -0.2) is 54.7 Å². The minimum absolute atomic E-state index is 0.218. The fourth-order valence-corrected chi connectivity index (χ4v) is 5.24. The van der Waals surface area contributed by atoms with Crippen LogP contribution in [0.4, 0.5) is 19.0 Å². The standard InChI is InChI=1S/C21H28F3N3O2/c1-29-17-6-4-16(5-7-17)27-12-10-20(19(27)28)9-2-11-26(14-20)18-8-3-15(13-25-18)21(22,23)24/h3,8,13,16-17H,2,4-7,9-12,14H2,1H3/t16-,17-,20-/m0/s1. The molecule has 8 heteroatoms. The van der Waals surface area contributed by atoms with E-state index in [4.69, 9.17) is 4.74 Å². The lowest BCUT2D eigenvalue weighted by Gasteiger charge is -2.41. The van der Waals surface area contributed by atoms with Gasteiger partial charge in [-0.05, 0) is 57.1 Å². The summed E-state index contributed by atoms with van der Waals surface area (Å²) in [5.41, 5.74) is -1.18. The van der Waals surface area contributed by atoms with Crippen LogP contribution in [0.3, 0.4) is 0 Å². The van der Waals surface area contributed by atoms with Gasteiger partial charge in [-0.3, -0.25) is 4.79 Å². The van der Waals surface area contributed by atoms with E-state index in [-0.39, 0.29) is 11.9 Å². The number of rotatable bonds is 3. The van der Waals surface area contributed by atoms with Crippen LogP contribution in [0.25, 0.3) is 0 Å². The van der Waals surface area contributed by atoms with Crippen molar-refractivity contribution in [2.24, 2.45) is 5.41 Å². The van der Waals surface area contributed by atoms with Crippen LogP contribution in [0.1, 0.15) is 50.5 Å². The summed E-state index contributed by atoms with van der Waals surface area (Å²) in [4.78, 5) is 21.5. The number of anilines is 1. The Morgan fingerprint density at radius 1 is 1.14 bits per heavy atom. The van der Waals surface area contributed by atoms with Crippen LogP contribution < -0.4 is 4.90 Å². The summed E-state index contributed by atoms with van der Waals surface area (Å²) in [6.07, 6.45) is 3.22. The van der Waals surface area contributed by atoms with Crippen molar-refractivity contribution in [1.82, 2.24) is 9.88 Å². The SMILES string of the molecule is CO[C@H]1CC[C@H](N2CC[C@]3(CCCN(c4ccc(C(F)(F)F)cn4)C3)C2=O)CC1. The van der Waals surface area contributed by atoms with Crippen molar-refractivity contribution >= 4 is 11.7 Å². The molecule has 3 aliphatic rings. The van der Waals surface area contributed by atoms with E-state index >= 15 is 0 Å². The van der Waals surface area contributed by atoms with Gasteiger partial charge in [-0.15, -0.1) is 0 Å². The Hall–Kier alpha value is -1.83. The fraction of sp³-hybridized carbons (Fsp3) is 0.714. The zero-order valence-corrected chi connectivity index (χ0v) is 16.7. The van der Waals surface area contributed by atoms with Gasteiger partial charge in [-0.2, -0.15) is 13.2 Å². The highest BCUT2D eigenvalue weighted by Crippen LogP contribution is 2.43. The lowest BCUT2D eigenvalue weighted by atomic mass is 9.78. The first-order valence-electron chi connectivity index (χ1n) is 10.4. The van der Waals surface area contributed by atoms with Crippen molar-refractivity contribution < 1.29 is 22.7 Å². The molecule has 0 aromatic carbocycles. The molecule has 0 bridgehead atoms. The van der Waals surface area contributed by atoms with Crippen molar-refractivity contribution in [2.45, 2.75) is 63.3 Å². The monoisotopic (exact) mass is 411 g/mol. The molecule has 1 atom stereocenters. The van der Waals surface area contributed by atoms with E-state index in [1.54, 1.807) is 7.11 Å². The molecule has 0 N–H and O–H groups in total. The van der Waals surface area contributed by atoms with Gasteiger partial charge >= 0.3 is 6.18 Å². The zero-order valence-electron chi connectivity index (χ0n) is 16.7. The second-order valence-electron chi connectivity index (χ2n) is 8.62. The molecule has 1 aromatic rings. The molecule has 1 amide bonds. The van der Waals surface area contributed by atoms with E-state index in [0.29, 0.717) is 25.0 Å². The van der Waals surface area contributed by atoms with Crippen molar-refractivity contribution in [3.8, 4) is 0 Å². The number of likely N-dealkylation sites (tertiary alicyclic amines) is 1. The van der Waals surface area contributed by atoms with Gasteiger partial charge in [0.15, 0.2) is 0 Å². The summed E-state index contributed by atoms with van der Waals surface area (Å²) in [5, 5.41) is 0. The number of alkyl halides is 3. The zero-order chi connectivity index (χ0) is 20.6.